The minimum Gasteiger partial charge on any atom is -0.294 e. The number of amides is 1. The molecule has 1 amide bonds. The van der Waals surface area contributed by atoms with Crippen molar-refractivity contribution in [1.29, 1.82) is 0 Å². The van der Waals surface area contributed by atoms with Crippen molar-refractivity contribution in [3.05, 3.63) is 29.3 Å². The van der Waals surface area contributed by atoms with Crippen molar-refractivity contribution in [2.45, 2.75) is 49.2 Å². The number of hydrogen-bond acceptors (Lipinski definition) is 3. The summed E-state index contributed by atoms with van der Waals surface area (Å²) in [5.41, 5.74) is 5.19. The van der Waals surface area contributed by atoms with Gasteiger partial charge in [0.05, 0.1) is 0 Å². The minimum atomic E-state index is -0.0867. The second kappa shape index (κ2) is 6.25. The lowest BCUT2D eigenvalue weighted by atomic mass is 10.1. The summed E-state index contributed by atoms with van der Waals surface area (Å²) in [4.78, 5) is 12.4. The Morgan fingerprint density at radius 1 is 1.44 bits per heavy atom. The van der Waals surface area contributed by atoms with E-state index < -0.39 is 0 Å². The van der Waals surface area contributed by atoms with Gasteiger partial charge in [0.25, 0.3) is 0 Å². The highest BCUT2D eigenvalue weighted by Gasteiger charge is 2.13. The Morgan fingerprint density at radius 3 is 3.00 bits per heavy atom. The third kappa shape index (κ3) is 3.50. The zero-order valence-electron chi connectivity index (χ0n) is 10.7. The molecule has 1 atom stereocenters. The minimum absolute atomic E-state index is 0.0867. The standard InChI is InChI=1S/C14H20N2OS/c1-10(5-8-14(17)16-15)18-13-7-6-11-3-2-4-12(11)9-13/h6-7,9-10H,2-5,8,15H2,1H3,(H,16,17). The molecule has 3 nitrogen and oxygen atoms in total. The maximum Gasteiger partial charge on any atom is 0.233 e. The van der Waals surface area contributed by atoms with Gasteiger partial charge in [-0.3, -0.25) is 10.2 Å². The van der Waals surface area contributed by atoms with Gasteiger partial charge < -0.3 is 0 Å². The van der Waals surface area contributed by atoms with Crippen LogP contribution in [0.3, 0.4) is 0 Å². The molecule has 1 aliphatic rings. The lowest BCUT2D eigenvalue weighted by Crippen LogP contribution is -2.30. The van der Waals surface area contributed by atoms with Gasteiger partial charge in [0, 0.05) is 16.6 Å². The summed E-state index contributed by atoms with van der Waals surface area (Å²) in [5.74, 6) is 4.98. The van der Waals surface area contributed by atoms with E-state index in [0.717, 1.165) is 6.42 Å². The highest BCUT2D eigenvalue weighted by Crippen LogP contribution is 2.30. The first-order valence-corrected chi connectivity index (χ1v) is 7.35. The second-order valence-electron chi connectivity index (χ2n) is 4.82. The van der Waals surface area contributed by atoms with Gasteiger partial charge in [-0.2, -0.15) is 0 Å². The maximum absolute atomic E-state index is 11.1. The predicted molar refractivity (Wildman–Crippen MR) is 75.4 cm³/mol. The van der Waals surface area contributed by atoms with Crippen LogP contribution in [0.1, 0.15) is 37.3 Å². The fourth-order valence-corrected chi connectivity index (χ4v) is 3.38. The molecule has 2 rings (SSSR count). The number of thioether (sulfide) groups is 1. The summed E-state index contributed by atoms with van der Waals surface area (Å²) in [5, 5.41) is 0.432. The van der Waals surface area contributed by atoms with Gasteiger partial charge in [0.15, 0.2) is 0 Å². The smallest absolute Gasteiger partial charge is 0.233 e. The molecule has 0 aromatic heterocycles. The van der Waals surface area contributed by atoms with E-state index in [0.29, 0.717) is 11.7 Å². The van der Waals surface area contributed by atoms with Gasteiger partial charge >= 0.3 is 0 Å². The number of hydrogen-bond donors (Lipinski definition) is 2. The van der Waals surface area contributed by atoms with E-state index in [9.17, 15) is 4.79 Å². The van der Waals surface area contributed by atoms with Crippen LogP contribution in [0.2, 0.25) is 0 Å². The Hall–Kier alpha value is -1.00. The Morgan fingerprint density at radius 2 is 2.22 bits per heavy atom. The van der Waals surface area contributed by atoms with E-state index in [1.54, 1.807) is 0 Å². The lowest BCUT2D eigenvalue weighted by Gasteiger charge is -2.11. The van der Waals surface area contributed by atoms with Crippen molar-refractivity contribution in [3.8, 4) is 0 Å². The highest BCUT2D eigenvalue weighted by molar-refractivity contribution is 7.99. The maximum atomic E-state index is 11.1. The number of fused-ring (bicyclic) bond motifs is 1. The zero-order valence-corrected chi connectivity index (χ0v) is 11.6. The van der Waals surface area contributed by atoms with Crippen LogP contribution < -0.4 is 11.3 Å². The zero-order chi connectivity index (χ0) is 13.0. The average Bonchev–Trinajstić information content (AvgIpc) is 2.83. The molecule has 0 bridgehead atoms. The molecule has 0 saturated carbocycles. The number of benzene rings is 1. The number of carbonyl (C=O) groups is 1. The predicted octanol–water partition coefficient (Wildman–Crippen LogP) is 2.43. The molecular formula is C14H20N2OS. The number of rotatable bonds is 5. The summed E-state index contributed by atoms with van der Waals surface area (Å²) in [6.07, 6.45) is 5.08. The van der Waals surface area contributed by atoms with Crippen molar-refractivity contribution in [3.63, 3.8) is 0 Å². The van der Waals surface area contributed by atoms with Crippen LogP contribution in [0, 0.1) is 0 Å². The third-order valence-corrected chi connectivity index (χ3v) is 4.51. The van der Waals surface area contributed by atoms with E-state index in [1.165, 1.54) is 35.3 Å². The van der Waals surface area contributed by atoms with Gasteiger partial charge in [0.1, 0.15) is 0 Å². The number of hydrazine groups is 1. The first-order chi connectivity index (χ1) is 8.69. The highest BCUT2D eigenvalue weighted by atomic mass is 32.2. The normalized spacial score (nSPS) is 15.2. The Bertz CT molecular complexity index is 434. The topological polar surface area (TPSA) is 55.1 Å². The first kappa shape index (κ1) is 13.4. The molecule has 98 valence electrons. The number of carbonyl (C=O) groups excluding carboxylic acids is 1. The Kier molecular flexibility index (Phi) is 4.66. The molecule has 0 saturated heterocycles. The fraction of sp³-hybridized carbons (Fsp3) is 0.500. The molecule has 18 heavy (non-hydrogen) atoms. The van der Waals surface area contributed by atoms with Crippen LogP contribution in [0.4, 0.5) is 0 Å². The SMILES string of the molecule is CC(CCC(=O)NN)Sc1ccc2c(c1)CCC2. The monoisotopic (exact) mass is 264 g/mol. The summed E-state index contributed by atoms with van der Waals surface area (Å²) >= 11 is 1.84. The van der Waals surface area contributed by atoms with E-state index in [-0.39, 0.29) is 5.91 Å². The van der Waals surface area contributed by atoms with Gasteiger partial charge in [-0.1, -0.05) is 13.0 Å². The lowest BCUT2D eigenvalue weighted by molar-refractivity contribution is -0.121. The average molecular weight is 264 g/mol. The van der Waals surface area contributed by atoms with Crippen LogP contribution in [0.5, 0.6) is 0 Å². The Balaban J connectivity index is 1.87. The summed E-state index contributed by atoms with van der Waals surface area (Å²) in [6, 6.07) is 6.77. The van der Waals surface area contributed by atoms with Gasteiger partial charge in [0.2, 0.25) is 5.91 Å². The first-order valence-electron chi connectivity index (χ1n) is 6.47. The molecule has 4 heteroatoms. The van der Waals surface area contributed by atoms with Crippen LogP contribution in [0.15, 0.2) is 23.1 Å². The van der Waals surface area contributed by atoms with Crippen LogP contribution in [-0.4, -0.2) is 11.2 Å². The van der Waals surface area contributed by atoms with Gasteiger partial charge in [-0.05, 0) is 48.9 Å². The van der Waals surface area contributed by atoms with Gasteiger partial charge in [-0.15, -0.1) is 11.8 Å². The quantitative estimate of drug-likeness (QED) is 0.372. The Labute approximate surface area is 112 Å². The second-order valence-corrected chi connectivity index (χ2v) is 6.33. The van der Waals surface area contributed by atoms with E-state index >= 15 is 0 Å². The van der Waals surface area contributed by atoms with Crippen LogP contribution in [0.25, 0.3) is 0 Å². The molecule has 0 radical (unpaired) electrons. The summed E-state index contributed by atoms with van der Waals surface area (Å²) < 4.78 is 0. The molecule has 1 aromatic carbocycles. The molecule has 0 aliphatic heterocycles. The molecule has 3 N–H and O–H groups in total. The van der Waals surface area contributed by atoms with Crippen molar-refractivity contribution in [2.75, 3.05) is 0 Å². The molecule has 0 heterocycles. The number of nitrogens with one attached hydrogen (secondary N) is 1. The number of nitrogens with two attached hydrogens (primary N) is 1. The molecule has 0 spiro atoms. The van der Waals surface area contributed by atoms with Crippen LogP contribution >= 0.6 is 11.8 Å². The van der Waals surface area contributed by atoms with Crippen molar-refractivity contribution >= 4 is 17.7 Å². The number of aryl methyl sites for hydroxylation is 2. The largest absolute Gasteiger partial charge is 0.294 e. The van der Waals surface area contributed by atoms with E-state index in [1.807, 2.05) is 11.8 Å². The van der Waals surface area contributed by atoms with Crippen LogP contribution in [-0.2, 0) is 17.6 Å². The molecule has 1 aromatic rings. The van der Waals surface area contributed by atoms with Crippen molar-refractivity contribution in [2.24, 2.45) is 5.84 Å². The molecule has 0 fully saturated rings. The fourth-order valence-electron chi connectivity index (χ4n) is 2.32. The molecular weight excluding hydrogens is 244 g/mol. The van der Waals surface area contributed by atoms with E-state index in [4.69, 9.17) is 5.84 Å². The van der Waals surface area contributed by atoms with E-state index in [2.05, 4.69) is 30.5 Å². The third-order valence-electron chi connectivity index (χ3n) is 3.35. The molecule has 1 unspecified atom stereocenters. The summed E-state index contributed by atoms with van der Waals surface area (Å²) in [6.45, 7) is 2.15. The van der Waals surface area contributed by atoms with Crippen molar-refractivity contribution in [1.82, 2.24) is 5.43 Å². The van der Waals surface area contributed by atoms with Gasteiger partial charge in [-0.25, -0.2) is 5.84 Å². The summed E-state index contributed by atoms with van der Waals surface area (Å²) in [7, 11) is 0. The van der Waals surface area contributed by atoms with Crippen molar-refractivity contribution < 1.29 is 4.79 Å². The molecule has 1 aliphatic carbocycles.